The van der Waals surface area contributed by atoms with E-state index in [9.17, 15) is 13.5 Å². The van der Waals surface area contributed by atoms with Gasteiger partial charge in [0, 0.05) is 24.2 Å². The lowest BCUT2D eigenvalue weighted by atomic mass is 10.2. The molecule has 0 unspecified atom stereocenters. The number of ether oxygens (including phenoxy) is 3. The molecule has 0 aliphatic heterocycles. The van der Waals surface area contributed by atoms with Crippen molar-refractivity contribution >= 4 is 15.8 Å². The van der Waals surface area contributed by atoms with Gasteiger partial charge >= 0.3 is 0 Å². The topological polar surface area (TPSA) is 200 Å². The van der Waals surface area contributed by atoms with Crippen LogP contribution in [0.4, 0.5) is 5.82 Å². The number of aliphatic hydroxyl groups excluding tert-OH is 1. The first-order valence-electron chi connectivity index (χ1n) is 11.6. The maximum absolute atomic E-state index is 13.3. The predicted octanol–water partition coefficient (Wildman–Crippen LogP) is 2.09. The third kappa shape index (κ3) is 5.77. The van der Waals surface area contributed by atoms with Crippen molar-refractivity contribution in [3.8, 4) is 46.0 Å². The van der Waals surface area contributed by atoms with Gasteiger partial charge in [-0.25, -0.2) is 13.4 Å². The summed E-state index contributed by atoms with van der Waals surface area (Å²) in [6.07, 6.45) is 4.12. The molecule has 3 N–H and O–H groups in total. The number of methoxy groups -OCH3 is 1. The maximum atomic E-state index is 13.3. The number of nitrogens with zero attached hydrogens (tertiary/aromatic N) is 7. The Labute approximate surface area is 227 Å². The lowest BCUT2D eigenvalue weighted by Gasteiger charge is -2.18. The second-order valence-corrected chi connectivity index (χ2v) is 9.50. The van der Waals surface area contributed by atoms with Crippen molar-refractivity contribution in [3.05, 3.63) is 67.1 Å². The highest BCUT2D eigenvalue weighted by Crippen LogP contribution is 2.41. The third-order valence-electron chi connectivity index (χ3n) is 5.21. The number of aromatic amines is 1. The normalized spacial score (nSPS) is 11.2. The minimum absolute atomic E-state index is 0.0522. The number of pyridine rings is 2. The van der Waals surface area contributed by atoms with Crippen LogP contribution in [0, 0.1) is 0 Å². The summed E-state index contributed by atoms with van der Waals surface area (Å²) in [5, 5.41) is 23.2. The number of sulfonamides is 1. The number of anilines is 1. The van der Waals surface area contributed by atoms with Gasteiger partial charge in [0.25, 0.3) is 15.9 Å². The lowest BCUT2D eigenvalue weighted by molar-refractivity contribution is 0.192. The summed E-state index contributed by atoms with van der Waals surface area (Å²) in [7, 11) is -2.73. The monoisotopic (exact) mass is 563 g/mol. The van der Waals surface area contributed by atoms with E-state index in [2.05, 4.69) is 45.3 Å². The zero-order chi connectivity index (χ0) is 28.0. The summed E-state index contributed by atoms with van der Waals surface area (Å²) in [6.45, 7) is -0.514. The summed E-state index contributed by atoms with van der Waals surface area (Å²) in [4.78, 5) is 16.9. The number of tetrazole rings is 1. The Bertz CT molecular complexity index is 1700. The van der Waals surface area contributed by atoms with Gasteiger partial charge in [0.15, 0.2) is 23.1 Å². The molecule has 0 spiro atoms. The van der Waals surface area contributed by atoms with E-state index in [4.69, 9.17) is 14.2 Å². The summed E-state index contributed by atoms with van der Waals surface area (Å²) >= 11 is 0. The molecule has 0 saturated heterocycles. The molecular weight excluding hydrogens is 542 g/mol. The van der Waals surface area contributed by atoms with E-state index in [1.54, 1.807) is 36.4 Å². The van der Waals surface area contributed by atoms with Crippen LogP contribution in [-0.2, 0) is 10.0 Å². The molecule has 1 aromatic carbocycles. The maximum Gasteiger partial charge on any atom is 0.264 e. The van der Waals surface area contributed by atoms with Gasteiger partial charge in [0.2, 0.25) is 11.6 Å². The summed E-state index contributed by atoms with van der Waals surface area (Å²) < 4.78 is 46.2. The van der Waals surface area contributed by atoms with Crippen LogP contribution in [0.25, 0.3) is 22.9 Å². The van der Waals surface area contributed by atoms with Gasteiger partial charge in [0.1, 0.15) is 17.2 Å². The van der Waals surface area contributed by atoms with Crippen molar-refractivity contribution in [1.82, 2.24) is 40.6 Å². The van der Waals surface area contributed by atoms with E-state index in [1.165, 1.54) is 37.8 Å². The van der Waals surface area contributed by atoms with Gasteiger partial charge in [-0.2, -0.15) is 10.2 Å². The summed E-state index contributed by atoms with van der Waals surface area (Å²) in [5.41, 5.74) is 0.786. The van der Waals surface area contributed by atoms with E-state index in [0.717, 1.165) is 0 Å². The number of aliphatic hydroxyl groups is 1. The van der Waals surface area contributed by atoms with E-state index in [1.807, 2.05) is 0 Å². The predicted molar refractivity (Wildman–Crippen MR) is 139 cm³/mol. The molecule has 0 amide bonds. The summed E-state index contributed by atoms with van der Waals surface area (Å²) in [5.74, 6) is 0.322. The third-order valence-corrected chi connectivity index (χ3v) is 6.54. The van der Waals surface area contributed by atoms with Gasteiger partial charge in [-0.15, -0.1) is 10.2 Å². The number of aromatic nitrogens is 8. The van der Waals surface area contributed by atoms with Crippen LogP contribution in [-0.4, -0.2) is 74.4 Å². The molecule has 0 saturated carbocycles. The minimum Gasteiger partial charge on any atom is -0.493 e. The fraction of sp³-hybridized carbons (Fsp3) is 0.125. The van der Waals surface area contributed by atoms with Crippen molar-refractivity contribution in [2.75, 3.05) is 25.0 Å². The second-order valence-electron chi connectivity index (χ2n) is 7.81. The first-order chi connectivity index (χ1) is 19.5. The van der Waals surface area contributed by atoms with Gasteiger partial charge in [-0.05, 0) is 41.6 Å². The molecule has 0 radical (unpaired) electrons. The molecule has 4 heterocycles. The molecule has 4 aromatic heterocycles. The molecule has 0 aliphatic carbocycles. The molecule has 0 fully saturated rings. The molecule has 0 atom stereocenters. The van der Waals surface area contributed by atoms with Crippen LogP contribution in [0.15, 0.2) is 72.0 Å². The smallest absolute Gasteiger partial charge is 0.264 e. The lowest BCUT2D eigenvalue weighted by Crippen LogP contribution is -2.16. The molecule has 5 aromatic rings. The van der Waals surface area contributed by atoms with Gasteiger partial charge in [0.05, 0.1) is 13.7 Å². The Balaban J connectivity index is 1.67. The van der Waals surface area contributed by atoms with Crippen molar-refractivity contribution in [2.24, 2.45) is 0 Å². The number of para-hydroxylation sites is 2. The van der Waals surface area contributed by atoms with Crippen molar-refractivity contribution < 1.29 is 27.7 Å². The van der Waals surface area contributed by atoms with Gasteiger partial charge in [-0.1, -0.05) is 12.1 Å². The number of H-pyrrole nitrogens is 1. The van der Waals surface area contributed by atoms with Crippen molar-refractivity contribution in [3.63, 3.8) is 0 Å². The fourth-order valence-electron chi connectivity index (χ4n) is 3.43. The quantitative estimate of drug-likeness (QED) is 0.211. The molecule has 0 aliphatic rings. The standard InChI is InChI=1S/C24H21N9O6S/c1-37-18-6-2-3-7-19(18)39-20-23(31-40(35,36)16-5-4-9-25-14-16)27-21(28-24(20)38-12-11-34)15-8-10-26-17(13-15)22-29-32-33-30-22/h2-10,13-14,34H,11-12H2,1H3,(H,27,28,31)(H,29,30,32,33). The molecule has 16 heteroatoms. The SMILES string of the molecule is COc1ccccc1Oc1c(NS(=O)(=O)c2cccnc2)nc(-c2ccnc(-c3nn[nH]n3)c2)nc1OCCO. The largest absolute Gasteiger partial charge is 0.493 e. The van der Waals surface area contributed by atoms with Gasteiger partial charge < -0.3 is 19.3 Å². The Morgan fingerprint density at radius 1 is 1.02 bits per heavy atom. The Morgan fingerprint density at radius 2 is 1.88 bits per heavy atom. The van der Waals surface area contributed by atoms with Crippen LogP contribution in [0.3, 0.4) is 0 Å². The molecule has 15 nitrogen and oxygen atoms in total. The highest BCUT2D eigenvalue weighted by molar-refractivity contribution is 7.92. The number of rotatable bonds is 11. The number of nitrogens with one attached hydrogen (secondary N) is 2. The van der Waals surface area contributed by atoms with Crippen LogP contribution >= 0.6 is 0 Å². The van der Waals surface area contributed by atoms with E-state index < -0.39 is 10.0 Å². The molecule has 5 rings (SSSR count). The molecule has 0 bridgehead atoms. The number of hydrogen-bond acceptors (Lipinski definition) is 13. The van der Waals surface area contributed by atoms with Gasteiger partial charge in [-0.3, -0.25) is 14.7 Å². The Morgan fingerprint density at radius 3 is 2.60 bits per heavy atom. The van der Waals surface area contributed by atoms with Crippen molar-refractivity contribution in [1.29, 1.82) is 0 Å². The van der Waals surface area contributed by atoms with E-state index in [-0.39, 0.29) is 53.0 Å². The van der Waals surface area contributed by atoms with Crippen LogP contribution in [0.5, 0.6) is 23.1 Å². The van der Waals surface area contributed by atoms with Crippen LogP contribution in [0.2, 0.25) is 0 Å². The highest BCUT2D eigenvalue weighted by Gasteiger charge is 2.25. The van der Waals surface area contributed by atoms with E-state index >= 15 is 0 Å². The summed E-state index contributed by atoms with van der Waals surface area (Å²) in [6, 6.07) is 12.8. The van der Waals surface area contributed by atoms with Crippen LogP contribution < -0.4 is 18.9 Å². The number of benzene rings is 1. The zero-order valence-corrected chi connectivity index (χ0v) is 21.6. The first kappa shape index (κ1) is 26.4. The van der Waals surface area contributed by atoms with E-state index in [0.29, 0.717) is 17.0 Å². The average Bonchev–Trinajstić information content (AvgIpc) is 3.53. The first-order valence-corrected chi connectivity index (χ1v) is 13.1. The average molecular weight is 564 g/mol. The number of hydrogen-bond donors (Lipinski definition) is 3. The second kappa shape index (κ2) is 11.7. The minimum atomic E-state index is -4.19. The zero-order valence-electron chi connectivity index (χ0n) is 20.8. The van der Waals surface area contributed by atoms with Crippen molar-refractivity contribution in [2.45, 2.75) is 4.90 Å². The fourth-order valence-corrected chi connectivity index (χ4v) is 4.40. The Hall–Kier alpha value is -5.22. The molecular formula is C24H21N9O6S. The molecule has 40 heavy (non-hydrogen) atoms. The van der Waals surface area contributed by atoms with Crippen LogP contribution in [0.1, 0.15) is 0 Å². The Kier molecular flexibility index (Phi) is 7.70. The molecule has 204 valence electrons. The highest BCUT2D eigenvalue weighted by atomic mass is 32.2.